The first-order valence-corrected chi connectivity index (χ1v) is 16.2. The van der Waals surface area contributed by atoms with Crippen LogP contribution < -0.4 is 10.2 Å². The molecule has 0 unspecified atom stereocenters. The van der Waals surface area contributed by atoms with Gasteiger partial charge in [0.1, 0.15) is 18.7 Å². The van der Waals surface area contributed by atoms with Gasteiger partial charge in [0.05, 0.1) is 24.4 Å². The van der Waals surface area contributed by atoms with E-state index >= 15 is 0 Å². The molecule has 14 heteroatoms. The number of azide groups is 1. The zero-order valence-electron chi connectivity index (χ0n) is 24.8. The first kappa shape index (κ1) is 30.5. The Labute approximate surface area is 260 Å². The number of ether oxygens (including phenoxy) is 2. The number of amides is 2. The lowest BCUT2D eigenvalue weighted by Crippen LogP contribution is -2.54. The molecule has 234 valence electrons. The van der Waals surface area contributed by atoms with Crippen molar-refractivity contribution in [3.05, 3.63) is 45.7 Å². The molecule has 1 aromatic carbocycles. The number of piperazine rings is 1. The third-order valence-corrected chi connectivity index (χ3v) is 10.2. The molecule has 1 saturated carbocycles. The molecular formula is C30H38N8O5S. The van der Waals surface area contributed by atoms with Gasteiger partial charge in [0, 0.05) is 67.8 Å². The minimum Gasteiger partial charge on any atom is -0.383 e. The van der Waals surface area contributed by atoms with Gasteiger partial charge >= 0.3 is 0 Å². The van der Waals surface area contributed by atoms with Crippen LogP contribution in [0.5, 0.6) is 0 Å². The number of methoxy groups -OCH3 is 1. The number of hydrogen-bond donors (Lipinski definition) is 1. The maximum Gasteiger partial charge on any atom is 0.251 e. The summed E-state index contributed by atoms with van der Waals surface area (Å²) in [5.41, 5.74) is 11.2. The van der Waals surface area contributed by atoms with Gasteiger partial charge < -0.3 is 24.6 Å². The van der Waals surface area contributed by atoms with Gasteiger partial charge in [-0.25, -0.2) is 4.98 Å². The van der Waals surface area contributed by atoms with Crippen LogP contribution >= 0.6 is 11.3 Å². The molecule has 4 atom stereocenters. The smallest absolute Gasteiger partial charge is 0.251 e. The average Bonchev–Trinajstić information content (AvgIpc) is 3.86. The van der Waals surface area contributed by atoms with E-state index in [1.54, 1.807) is 30.6 Å². The standard InChI is InChI=1S/C30H38N8O5S/c1-42-15-14-36-10-12-37(13-11-36)30-32-23(18-44-30)19-6-8-21(9-7-19)28(40)33-25(20-4-2-3-5-20)29(41)38-16-22(34-35-31)27-26(38)24(39)17-43-27/h6-9,18,20,22,25-27H,2-5,10-17H2,1H3,(H,33,40)/t22-,25+,26-,27-/m1/s1. The van der Waals surface area contributed by atoms with Crippen LogP contribution in [0.3, 0.4) is 0 Å². The van der Waals surface area contributed by atoms with Crippen LogP contribution in [-0.2, 0) is 19.1 Å². The summed E-state index contributed by atoms with van der Waals surface area (Å²) >= 11 is 1.62. The van der Waals surface area contributed by atoms with E-state index in [4.69, 9.17) is 20.0 Å². The predicted octanol–water partition coefficient (Wildman–Crippen LogP) is 2.72. The number of ketones is 1. The van der Waals surface area contributed by atoms with E-state index < -0.39 is 24.2 Å². The fraction of sp³-hybridized carbons (Fsp3) is 0.600. The SMILES string of the molecule is COCCN1CCN(c2nc(-c3ccc(C(=O)N[C@H](C(=O)N4C[C@@H](N=[N+]=[N-])[C@H]5OCC(=O)[C@H]54)C4CCCC4)cc3)cs2)CC1. The number of Topliss-reactive ketones (excluding diaryl/α,β-unsaturated/α-hetero) is 1. The number of anilines is 1. The van der Waals surface area contributed by atoms with Crippen LogP contribution in [-0.4, -0.2) is 116 Å². The van der Waals surface area contributed by atoms with E-state index in [1.165, 1.54) is 4.90 Å². The van der Waals surface area contributed by atoms with Gasteiger partial charge in [-0.2, -0.15) is 0 Å². The van der Waals surface area contributed by atoms with Crippen LogP contribution in [0.15, 0.2) is 34.8 Å². The van der Waals surface area contributed by atoms with Crippen molar-refractivity contribution in [2.75, 3.05) is 64.5 Å². The molecule has 1 N–H and O–H groups in total. The molecule has 13 nitrogen and oxygen atoms in total. The van der Waals surface area contributed by atoms with Crippen molar-refractivity contribution >= 4 is 34.1 Å². The number of aromatic nitrogens is 1. The third kappa shape index (κ3) is 6.31. The molecule has 4 heterocycles. The second-order valence-corrected chi connectivity index (χ2v) is 12.7. The molecule has 0 bridgehead atoms. The number of carbonyl (C=O) groups excluding carboxylic acids is 3. The van der Waals surface area contributed by atoms with E-state index in [2.05, 4.69) is 25.1 Å². The van der Waals surface area contributed by atoms with E-state index in [0.717, 1.165) is 81.4 Å². The van der Waals surface area contributed by atoms with Gasteiger partial charge in [0.25, 0.3) is 5.91 Å². The Morgan fingerprint density at radius 3 is 2.66 bits per heavy atom. The molecule has 0 spiro atoms. The molecule has 4 fully saturated rings. The quantitative estimate of drug-likeness (QED) is 0.241. The van der Waals surface area contributed by atoms with Crippen LogP contribution in [0.25, 0.3) is 21.7 Å². The van der Waals surface area contributed by atoms with Crippen LogP contribution in [0.2, 0.25) is 0 Å². The highest BCUT2D eigenvalue weighted by Gasteiger charge is 2.53. The van der Waals surface area contributed by atoms with Crippen LogP contribution in [0.1, 0.15) is 36.0 Å². The lowest BCUT2D eigenvalue weighted by atomic mass is 9.95. The van der Waals surface area contributed by atoms with Gasteiger partial charge in [-0.3, -0.25) is 19.3 Å². The number of likely N-dealkylation sites (tertiary alicyclic amines) is 1. The first-order valence-electron chi connectivity index (χ1n) is 15.3. The van der Waals surface area contributed by atoms with E-state index in [1.807, 2.05) is 17.5 Å². The fourth-order valence-corrected chi connectivity index (χ4v) is 7.71. The summed E-state index contributed by atoms with van der Waals surface area (Å²) in [6.07, 6.45) is 2.94. The highest BCUT2D eigenvalue weighted by molar-refractivity contribution is 7.14. The van der Waals surface area contributed by atoms with Crippen molar-refractivity contribution in [3.63, 3.8) is 0 Å². The Morgan fingerprint density at radius 1 is 1.20 bits per heavy atom. The summed E-state index contributed by atoms with van der Waals surface area (Å²) in [5, 5.41) is 9.81. The summed E-state index contributed by atoms with van der Waals surface area (Å²) in [6.45, 7) is 5.45. The minimum absolute atomic E-state index is 0.0320. The van der Waals surface area contributed by atoms with Crippen molar-refractivity contribution in [1.29, 1.82) is 0 Å². The fourth-order valence-electron chi connectivity index (χ4n) is 6.82. The second-order valence-electron chi connectivity index (χ2n) is 11.9. The van der Waals surface area contributed by atoms with Gasteiger partial charge in [0.2, 0.25) is 5.91 Å². The van der Waals surface area contributed by atoms with Crippen LogP contribution in [0.4, 0.5) is 5.13 Å². The number of nitrogens with zero attached hydrogens (tertiary/aromatic N) is 7. The summed E-state index contributed by atoms with van der Waals surface area (Å²) in [7, 11) is 1.73. The highest BCUT2D eigenvalue weighted by atomic mass is 32.1. The molecule has 3 saturated heterocycles. The van der Waals surface area contributed by atoms with E-state index in [-0.39, 0.29) is 36.7 Å². The third-order valence-electron chi connectivity index (χ3n) is 9.25. The lowest BCUT2D eigenvalue weighted by Gasteiger charge is -2.34. The number of nitrogens with one attached hydrogen (secondary N) is 1. The molecule has 1 aromatic heterocycles. The number of fused-ring (bicyclic) bond motifs is 1. The molecule has 3 aliphatic heterocycles. The minimum atomic E-state index is -0.791. The topological polar surface area (TPSA) is 153 Å². The van der Waals surface area contributed by atoms with Crippen molar-refractivity contribution < 1.29 is 23.9 Å². The first-order chi connectivity index (χ1) is 21.5. The summed E-state index contributed by atoms with van der Waals surface area (Å²) in [6, 6.07) is 5.07. The summed E-state index contributed by atoms with van der Waals surface area (Å²) in [5.74, 6) is -0.902. The lowest BCUT2D eigenvalue weighted by molar-refractivity contribution is -0.139. The number of carbonyl (C=O) groups is 3. The maximum atomic E-state index is 13.9. The van der Waals surface area contributed by atoms with Crippen molar-refractivity contribution in [2.24, 2.45) is 11.0 Å². The summed E-state index contributed by atoms with van der Waals surface area (Å²) < 4.78 is 10.8. The molecule has 2 aromatic rings. The van der Waals surface area contributed by atoms with Crippen molar-refractivity contribution in [1.82, 2.24) is 20.1 Å². The van der Waals surface area contributed by atoms with E-state index in [0.29, 0.717) is 5.56 Å². The van der Waals surface area contributed by atoms with Crippen molar-refractivity contribution in [2.45, 2.75) is 49.9 Å². The largest absolute Gasteiger partial charge is 0.383 e. The van der Waals surface area contributed by atoms with Crippen molar-refractivity contribution in [3.8, 4) is 11.3 Å². The molecule has 0 radical (unpaired) electrons. The monoisotopic (exact) mass is 622 g/mol. The van der Waals surface area contributed by atoms with Gasteiger partial charge in [-0.15, -0.1) is 11.3 Å². The van der Waals surface area contributed by atoms with Gasteiger partial charge in [-0.05, 0) is 36.4 Å². The van der Waals surface area contributed by atoms with E-state index in [9.17, 15) is 14.4 Å². The average molecular weight is 623 g/mol. The molecule has 44 heavy (non-hydrogen) atoms. The predicted molar refractivity (Wildman–Crippen MR) is 164 cm³/mol. The molecule has 6 rings (SSSR count). The molecular weight excluding hydrogens is 584 g/mol. The number of hydrogen-bond acceptors (Lipinski definition) is 10. The molecule has 2 amide bonds. The van der Waals surface area contributed by atoms with Gasteiger partial charge in [-0.1, -0.05) is 30.1 Å². The van der Waals surface area contributed by atoms with Gasteiger partial charge in [0.15, 0.2) is 10.9 Å². The Morgan fingerprint density at radius 2 is 1.95 bits per heavy atom. The zero-order valence-corrected chi connectivity index (χ0v) is 25.7. The zero-order chi connectivity index (χ0) is 30.6. The Bertz CT molecular complexity index is 1400. The number of rotatable bonds is 10. The highest BCUT2D eigenvalue weighted by Crippen LogP contribution is 2.34. The molecule has 1 aliphatic carbocycles. The Hall–Kier alpha value is -3.55. The number of benzene rings is 1. The second kappa shape index (κ2) is 13.6. The Kier molecular flexibility index (Phi) is 9.43. The summed E-state index contributed by atoms with van der Waals surface area (Å²) in [4.78, 5) is 54.0. The number of thiazole rings is 1. The van der Waals surface area contributed by atoms with Crippen LogP contribution in [0, 0.1) is 5.92 Å². The maximum absolute atomic E-state index is 13.9. The normalized spacial score (nSPS) is 24.8. The Balaban J connectivity index is 1.12. The molecule has 4 aliphatic rings.